The summed E-state index contributed by atoms with van der Waals surface area (Å²) in [6.07, 6.45) is 14.2. The zero-order chi connectivity index (χ0) is 18.6. The number of fused-ring (bicyclic) bond motifs is 5. The van der Waals surface area contributed by atoms with Crippen LogP contribution >= 0.6 is 0 Å². The zero-order valence-corrected chi connectivity index (χ0v) is 17.0. The molecule has 0 amide bonds. The van der Waals surface area contributed by atoms with Crippen LogP contribution in [0.2, 0.25) is 0 Å². The molecule has 1 aromatic rings. The second kappa shape index (κ2) is 6.33. The van der Waals surface area contributed by atoms with Gasteiger partial charge in [-0.25, -0.2) is 0 Å². The van der Waals surface area contributed by atoms with Gasteiger partial charge in [-0.1, -0.05) is 57.0 Å². The molecule has 5 rings (SSSR count). The molecular formula is C26H34O. The normalized spacial score (nSPS) is 45.3. The van der Waals surface area contributed by atoms with Crippen molar-refractivity contribution in [3.05, 3.63) is 41.5 Å². The third-order valence-electron chi connectivity index (χ3n) is 9.36. The summed E-state index contributed by atoms with van der Waals surface area (Å²) in [6, 6.07) is 10.4. The Hall–Kier alpha value is -1.37. The summed E-state index contributed by atoms with van der Waals surface area (Å²) >= 11 is 0. The van der Waals surface area contributed by atoms with Gasteiger partial charge in [0.1, 0.15) is 0 Å². The highest BCUT2D eigenvalue weighted by atomic mass is 16.1. The van der Waals surface area contributed by atoms with E-state index in [1.54, 1.807) is 0 Å². The molecule has 144 valence electrons. The fourth-order valence-corrected chi connectivity index (χ4v) is 7.85. The van der Waals surface area contributed by atoms with Gasteiger partial charge in [0.05, 0.1) is 0 Å². The highest BCUT2D eigenvalue weighted by Gasteiger charge is 2.60. The number of hydrogen-bond donors (Lipinski definition) is 0. The second-order valence-electron chi connectivity index (χ2n) is 10.5. The van der Waals surface area contributed by atoms with Crippen LogP contribution in [0.1, 0.15) is 77.2 Å². The van der Waals surface area contributed by atoms with Crippen LogP contribution in [0.15, 0.2) is 35.9 Å². The van der Waals surface area contributed by atoms with Gasteiger partial charge in [-0.05, 0) is 91.2 Å². The molecule has 27 heavy (non-hydrogen) atoms. The smallest absolute Gasteiger partial charge is 0.165 e. The van der Waals surface area contributed by atoms with E-state index < -0.39 is 0 Å². The van der Waals surface area contributed by atoms with Crippen molar-refractivity contribution in [1.29, 1.82) is 0 Å². The van der Waals surface area contributed by atoms with Crippen molar-refractivity contribution in [2.75, 3.05) is 0 Å². The first-order valence-electron chi connectivity index (χ1n) is 11.3. The molecule has 0 spiro atoms. The van der Waals surface area contributed by atoms with Crippen molar-refractivity contribution in [2.24, 2.45) is 34.5 Å². The quantitative estimate of drug-likeness (QED) is 0.509. The molecule has 0 aliphatic heterocycles. The first-order chi connectivity index (χ1) is 13.0. The largest absolute Gasteiger partial charge is 0.294 e. The Morgan fingerprint density at radius 2 is 1.74 bits per heavy atom. The van der Waals surface area contributed by atoms with Crippen molar-refractivity contribution in [1.82, 2.24) is 0 Å². The van der Waals surface area contributed by atoms with Crippen molar-refractivity contribution in [3.63, 3.8) is 0 Å². The summed E-state index contributed by atoms with van der Waals surface area (Å²) < 4.78 is 0. The van der Waals surface area contributed by atoms with Crippen molar-refractivity contribution in [2.45, 2.75) is 71.6 Å². The van der Waals surface area contributed by atoms with E-state index in [-0.39, 0.29) is 5.41 Å². The number of carbonyl (C=O) groups is 1. The molecule has 0 radical (unpaired) electrons. The maximum absolute atomic E-state index is 13.4. The molecule has 1 heteroatoms. The van der Waals surface area contributed by atoms with E-state index in [1.807, 2.05) is 6.07 Å². The lowest BCUT2D eigenvalue weighted by Gasteiger charge is -2.59. The summed E-state index contributed by atoms with van der Waals surface area (Å²) in [5, 5.41) is 0. The number of ketones is 1. The fraction of sp³-hybridized carbons (Fsp3) is 0.654. The van der Waals surface area contributed by atoms with Crippen LogP contribution in [0.5, 0.6) is 0 Å². The number of hydrogen-bond acceptors (Lipinski definition) is 1. The van der Waals surface area contributed by atoms with E-state index in [9.17, 15) is 4.79 Å². The summed E-state index contributed by atoms with van der Waals surface area (Å²) in [5.74, 6) is 3.63. The molecule has 6 atom stereocenters. The number of rotatable bonds is 1. The van der Waals surface area contributed by atoms with Gasteiger partial charge < -0.3 is 0 Å². The molecule has 4 saturated carbocycles. The molecule has 4 aliphatic rings. The lowest BCUT2D eigenvalue weighted by atomic mass is 9.45. The minimum atomic E-state index is -0.0976. The number of benzene rings is 1. The van der Waals surface area contributed by atoms with Gasteiger partial charge in [0.15, 0.2) is 5.78 Å². The van der Waals surface area contributed by atoms with E-state index in [0.29, 0.717) is 17.1 Å². The Labute approximate surface area is 164 Å². The first kappa shape index (κ1) is 17.7. The van der Waals surface area contributed by atoms with Crippen LogP contribution in [-0.4, -0.2) is 5.78 Å². The Morgan fingerprint density at radius 1 is 0.926 bits per heavy atom. The lowest BCUT2D eigenvalue weighted by Crippen LogP contribution is -2.52. The van der Waals surface area contributed by atoms with E-state index in [4.69, 9.17) is 0 Å². The molecule has 1 nitrogen and oxygen atoms in total. The molecule has 0 N–H and O–H groups in total. The fourth-order valence-electron chi connectivity index (χ4n) is 7.85. The van der Waals surface area contributed by atoms with Crippen LogP contribution in [0, 0.1) is 34.5 Å². The molecule has 4 fully saturated rings. The molecular weight excluding hydrogens is 328 g/mol. The minimum Gasteiger partial charge on any atom is -0.294 e. The first-order valence-corrected chi connectivity index (χ1v) is 11.3. The number of Topliss-reactive ketones (excluding diaryl/α,β-unsaturated/α-hetero) is 1. The minimum absolute atomic E-state index is 0.0976. The van der Waals surface area contributed by atoms with Crippen molar-refractivity contribution >= 4 is 11.9 Å². The third kappa shape index (κ3) is 2.60. The van der Waals surface area contributed by atoms with E-state index >= 15 is 0 Å². The Bertz CT molecular complexity index is 762. The van der Waals surface area contributed by atoms with Crippen LogP contribution < -0.4 is 0 Å². The number of carbonyl (C=O) groups excluding carboxylic acids is 1. The van der Waals surface area contributed by atoms with Crippen LogP contribution in [0.3, 0.4) is 0 Å². The van der Waals surface area contributed by atoms with Gasteiger partial charge in [0, 0.05) is 5.41 Å². The molecule has 1 aromatic carbocycles. The van der Waals surface area contributed by atoms with Crippen LogP contribution in [0.25, 0.3) is 6.08 Å². The molecule has 0 aromatic heterocycles. The SMILES string of the molecule is C[C@]12CCCC[C@H]1CC[C@H]1[C@H]2CC[C@]2(C)C(=O)/C(=C/c3ccccc3)C[C@H]12. The predicted molar refractivity (Wildman–Crippen MR) is 111 cm³/mol. The topological polar surface area (TPSA) is 17.1 Å². The summed E-state index contributed by atoms with van der Waals surface area (Å²) in [5.41, 5.74) is 2.74. The average Bonchev–Trinajstić information content (AvgIpc) is 2.93. The van der Waals surface area contributed by atoms with E-state index in [1.165, 1.54) is 50.5 Å². The van der Waals surface area contributed by atoms with Crippen LogP contribution in [0.4, 0.5) is 0 Å². The molecule has 0 bridgehead atoms. The van der Waals surface area contributed by atoms with Crippen LogP contribution in [-0.2, 0) is 4.79 Å². The summed E-state index contributed by atoms with van der Waals surface area (Å²) in [7, 11) is 0. The summed E-state index contributed by atoms with van der Waals surface area (Å²) in [4.78, 5) is 13.4. The molecule has 4 aliphatic carbocycles. The second-order valence-corrected chi connectivity index (χ2v) is 10.5. The maximum atomic E-state index is 13.4. The van der Waals surface area contributed by atoms with Gasteiger partial charge in [-0.3, -0.25) is 4.79 Å². The van der Waals surface area contributed by atoms with Gasteiger partial charge in [-0.15, -0.1) is 0 Å². The zero-order valence-electron chi connectivity index (χ0n) is 17.0. The van der Waals surface area contributed by atoms with E-state index in [0.717, 1.165) is 36.2 Å². The molecule has 0 unspecified atom stereocenters. The Balaban J connectivity index is 1.47. The maximum Gasteiger partial charge on any atom is 0.165 e. The predicted octanol–water partition coefficient (Wildman–Crippen LogP) is 6.68. The Kier molecular flexibility index (Phi) is 4.15. The van der Waals surface area contributed by atoms with Crippen molar-refractivity contribution in [3.8, 4) is 0 Å². The number of allylic oxidation sites excluding steroid dienone is 1. The van der Waals surface area contributed by atoms with E-state index in [2.05, 4.69) is 44.2 Å². The van der Waals surface area contributed by atoms with Crippen molar-refractivity contribution < 1.29 is 4.79 Å². The average molecular weight is 363 g/mol. The summed E-state index contributed by atoms with van der Waals surface area (Å²) in [6.45, 7) is 4.92. The molecule has 0 saturated heterocycles. The standard InChI is InChI=1S/C26H34O/c1-25-14-7-6-10-20(25)11-12-21-22(25)13-15-26(2)23(21)17-19(24(26)27)16-18-8-4-3-5-9-18/h3-5,8-9,16,20-23H,6-7,10-15,17H2,1-2H3/b19-16+/t20-,21-,22+,23+,25-,26-/m0/s1. The van der Waals surface area contributed by atoms with Gasteiger partial charge in [0.2, 0.25) is 0 Å². The monoisotopic (exact) mass is 362 g/mol. The van der Waals surface area contributed by atoms with Gasteiger partial charge >= 0.3 is 0 Å². The highest BCUT2D eigenvalue weighted by Crippen LogP contribution is 2.66. The highest BCUT2D eigenvalue weighted by molar-refractivity contribution is 6.05. The lowest BCUT2D eigenvalue weighted by molar-refractivity contribution is -0.137. The van der Waals surface area contributed by atoms with Gasteiger partial charge in [0.25, 0.3) is 0 Å². The Morgan fingerprint density at radius 3 is 2.56 bits per heavy atom. The molecule has 0 heterocycles. The third-order valence-corrected chi connectivity index (χ3v) is 9.36. The van der Waals surface area contributed by atoms with Gasteiger partial charge in [-0.2, -0.15) is 0 Å².